The maximum absolute atomic E-state index is 13.3. The molecule has 0 aliphatic rings. The fourth-order valence-corrected chi connectivity index (χ4v) is 5.06. The third kappa shape index (κ3) is 5.31. The number of amides is 2. The average Bonchev–Trinajstić information content (AvgIpc) is 3.66. The van der Waals surface area contributed by atoms with E-state index >= 15 is 0 Å². The van der Waals surface area contributed by atoms with Gasteiger partial charge in [0.25, 0.3) is 0 Å². The number of hydrogen-bond donors (Lipinski definition) is 1. The maximum Gasteiger partial charge on any atom is 0.322 e. The molecule has 0 radical (unpaired) electrons. The molecule has 3 aromatic heterocycles. The van der Waals surface area contributed by atoms with Crippen molar-refractivity contribution in [1.29, 1.82) is 0 Å². The van der Waals surface area contributed by atoms with E-state index in [1.165, 1.54) is 0 Å². The molecule has 0 fully saturated rings. The second kappa shape index (κ2) is 10.8. The average molecular weight is 517 g/mol. The van der Waals surface area contributed by atoms with E-state index in [9.17, 15) is 4.79 Å². The van der Waals surface area contributed by atoms with Crippen LogP contribution in [-0.2, 0) is 13.0 Å². The molecule has 2 aromatic carbocycles. The molecule has 9 heteroatoms. The van der Waals surface area contributed by atoms with E-state index in [4.69, 9.17) is 18.9 Å². The number of fused-ring (bicyclic) bond motifs is 1. The summed E-state index contributed by atoms with van der Waals surface area (Å²) in [5.74, 6) is 2.19. The number of aromatic nitrogens is 2. The van der Waals surface area contributed by atoms with Crippen LogP contribution in [0, 0.1) is 6.92 Å². The van der Waals surface area contributed by atoms with Crippen LogP contribution in [0.25, 0.3) is 16.2 Å². The lowest BCUT2D eigenvalue weighted by atomic mass is 10.1. The number of nitrogens with one attached hydrogen (secondary N) is 1. The highest BCUT2D eigenvalue weighted by Crippen LogP contribution is 2.34. The number of para-hydroxylation sites is 1. The van der Waals surface area contributed by atoms with Gasteiger partial charge in [-0.3, -0.25) is 4.40 Å². The zero-order valence-corrected chi connectivity index (χ0v) is 21.7. The van der Waals surface area contributed by atoms with Crippen molar-refractivity contribution in [3.63, 3.8) is 0 Å². The van der Waals surface area contributed by atoms with Crippen LogP contribution >= 0.6 is 11.3 Å². The number of carbonyl (C=O) groups is 1. The molecule has 3 heterocycles. The number of thiazole rings is 1. The van der Waals surface area contributed by atoms with E-state index in [-0.39, 0.29) is 6.03 Å². The number of ether oxygens (including phenoxy) is 2. The summed E-state index contributed by atoms with van der Waals surface area (Å²) in [7, 11) is 3.28. The molecule has 0 atom stereocenters. The Morgan fingerprint density at radius 3 is 2.76 bits per heavy atom. The number of carbonyl (C=O) groups excluding carboxylic acids is 1. The highest BCUT2D eigenvalue weighted by molar-refractivity contribution is 7.15. The Balaban J connectivity index is 1.37. The quantitative estimate of drug-likeness (QED) is 0.250. The van der Waals surface area contributed by atoms with Gasteiger partial charge in [-0.15, -0.1) is 11.3 Å². The SMILES string of the molecule is COc1ccc(OC)c(-c2cn3c(CCN(Cc4ccco4)C(=O)Nc4ccccc4C)csc3n2)c1. The number of benzene rings is 2. The Morgan fingerprint density at radius 1 is 1.14 bits per heavy atom. The minimum Gasteiger partial charge on any atom is -0.497 e. The topological polar surface area (TPSA) is 81.2 Å². The zero-order chi connectivity index (χ0) is 25.8. The molecule has 1 N–H and O–H groups in total. The highest BCUT2D eigenvalue weighted by atomic mass is 32.1. The van der Waals surface area contributed by atoms with E-state index in [1.54, 1.807) is 36.7 Å². The number of urea groups is 1. The molecular weight excluding hydrogens is 488 g/mol. The molecular formula is C28H28N4O4S. The standard InChI is InChI=1S/C28H28N4O4S/c1-19-7-4-5-9-24(19)29-27(33)31(16-22-8-6-14-36-22)13-12-20-18-37-28-30-25(17-32(20)28)23-15-21(34-2)10-11-26(23)35-3/h4-11,14-15,17-18H,12-13,16H2,1-3H3,(H,29,33). The van der Waals surface area contributed by atoms with Crippen molar-refractivity contribution in [3.8, 4) is 22.8 Å². The first-order valence-corrected chi connectivity index (χ1v) is 12.8. The fourth-order valence-electron chi connectivity index (χ4n) is 4.15. The van der Waals surface area contributed by atoms with Crippen LogP contribution in [0.4, 0.5) is 10.5 Å². The van der Waals surface area contributed by atoms with E-state index in [0.717, 1.165) is 50.4 Å². The minimum absolute atomic E-state index is 0.176. The number of imidazole rings is 1. The number of hydrogen-bond acceptors (Lipinski definition) is 6. The van der Waals surface area contributed by atoms with Crippen LogP contribution in [0.3, 0.4) is 0 Å². The van der Waals surface area contributed by atoms with E-state index in [1.807, 2.05) is 67.7 Å². The molecule has 5 rings (SSSR count). The van der Waals surface area contributed by atoms with Crippen LogP contribution in [-0.4, -0.2) is 41.1 Å². The van der Waals surface area contributed by atoms with Crippen LogP contribution in [0.1, 0.15) is 17.0 Å². The summed E-state index contributed by atoms with van der Waals surface area (Å²) in [6.45, 7) is 2.84. The summed E-state index contributed by atoms with van der Waals surface area (Å²) in [4.78, 5) is 20.7. The molecule has 0 aliphatic heterocycles. The smallest absolute Gasteiger partial charge is 0.322 e. The molecule has 0 aliphatic carbocycles. The summed E-state index contributed by atoms with van der Waals surface area (Å²) < 4.78 is 18.6. The van der Waals surface area contributed by atoms with Gasteiger partial charge in [0.2, 0.25) is 0 Å². The van der Waals surface area contributed by atoms with Crippen molar-refractivity contribution < 1.29 is 18.7 Å². The third-order valence-corrected chi connectivity index (χ3v) is 7.09. The predicted molar refractivity (Wildman–Crippen MR) is 145 cm³/mol. The van der Waals surface area contributed by atoms with E-state index < -0.39 is 0 Å². The van der Waals surface area contributed by atoms with E-state index in [0.29, 0.717) is 19.5 Å². The number of aryl methyl sites for hydroxylation is 1. The van der Waals surface area contributed by atoms with Crippen molar-refractivity contribution in [1.82, 2.24) is 14.3 Å². The molecule has 0 spiro atoms. The van der Waals surface area contributed by atoms with Crippen molar-refractivity contribution in [2.24, 2.45) is 0 Å². The van der Waals surface area contributed by atoms with Crippen molar-refractivity contribution in [3.05, 3.63) is 89.5 Å². The van der Waals surface area contributed by atoms with Crippen LogP contribution in [0.5, 0.6) is 11.5 Å². The molecule has 8 nitrogen and oxygen atoms in total. The van der Waals surface area contributed by atoms with Gasteiger partial charge in [0.15, 0.2) is 4.96 Å². The lowest BCUT2D eigenvalue weighted by Gasteiger charge is -2.22. The van der Waals surface area contributed by atoms with Crippen LogP contribution in [0.15, 0.2) is 76.9 Å². The molecule has 0 bridgehead atoms. The number of nitrogens with zero attached hydrogens (tertiary/aromatic N) is 3. The minimum atomic E-state index is -0.176. The molecule has 2 amide bonds. The molecule has 37 heavy (non-hydrogen) atoms. The predicted octanol–water partition coefficient (Wildman–Crippen LogP) is 6.26. The summed E-state index contributed by atoms with van der Waals surface area (Å²) >= 11 is 1.57. The Kier molecular flexibility index (Phi) is 7.14. The number of rotatable bonds is 9. The van der Waals surface area contributed by atoms with Gasteiger partial charge in [-0.1, -0.05) is 18.2 Å². The second-order valence-electron chi connectivity index (χ2n) is 8.57. The van der Waals surface area contributed by atoms with Gasteiger partial charge in [-0.25, -0.2) is 9.78 Å². The molecule has 5 aromatic rings. The first-order valence-electron chi connectivity index (χ1n) is 11.9. The maximum atomic E-state index is 13.3. The highest BCUT2D eigenvalue weighted by Gasteiger charge is 2.19. The summed E-state index contributed by atoms with van der Waals surface area (Å²) in [5.41, 5.74) is 4.52. The zero-order valence-electron chi connectivity index (χ0n) is 20.9. The van der Waals surface area contributed by atoms with Gasteiger partial charge in [-0.2, -0.15) is 0 Å². The first-order chi connectivity index (χ1) is 18.1. The summed E-state index contributed by atoms with van der Waals surface area (Å²) in [6, 6.07) is 16.9. The summed E-state index contributed by atoms with van der Waals surface area (Å²) in [5, 5.41) is 5.12. The van der Waals surface area contributed by atoms with Crippen LogP contribution in [0.2, 0.25) is 0 Å². The number of furan rings is 1. The summed E-state index contributed by atoms with van der Waals surface area (Å²) in [6.07, 6.45) is 4.27. The molecule has 0 saturated heterocycles. The van der Waals surface area contributed by atoms with E-state index in [2.05, 4.69) is 15.1 Å². The Morgan fingerprint density at radius 2 is 2.00 bits per heavy atom. The first kappa shape index (κ1) is 24.5. The van der Waals surface area contributed by atoms with Gasteiger partial charge in [0, 0.05) is 41.5 Å². The van der Waals surface area contributed by atoms with Crippen molar-refractivity contribution >= 4 is 28.0 Å². The van der Waals surface area contributed by atoms with Crippen molar-refractivity contribution in [2.45, 2.75) is 19.9 Å². The van der Waals surface area contributed by atoms with Gasteiger partial charge < -0.3 is 24.1 Å². The lowest BCUT2D eigenvalue weighted by molar-refractivity contribution is 0.204. The monoisotopic (exact) mass is 516 g/mol. The normalized spacial score (nSPS) is 11.0. The third-order valence-electron chi connectivity index (χ3n) is 6.20. The van der Waals surface area contributed by atoms with Gasteiger partial charge in [0.1, 0.15) is 17.3 Å². The van der Waals surface area contributed by atoms with Gasteiger partial charge in [0.05, 0.1) is 32.7 Å². The second-order valence-corrected chi connectivity index (χ2v) is 9.40. The number of anilines is 1. The number of methoxy groups -OCH3 is 2. The Bertz CT molecular complexity index is 1510. The largest absolute Gasteiger partial charge is 0.497 e. The molecule has 190 valence electrons. The van der Waals surface area contributed by atoms with Crippen LogP contribution < -0.4 is 14.8 Å². The van der Waals surface area contributed by atoms with Gasteiger partial charge in [-0.05, 0) is 48.9 Å². The van der Waals surface area contributed by atoms with Crippen molar-refractivity contribution in [2.75, 3.05) is 26.1 Å². The fraction of sp³-hybridized carbons (Fsp3) is 0.214. The Hall–Kier alpha value is -4.24. The lowest BCUT2D eigenvalue weighted by Crippen LogP contribution is -2.36. The Labute approximate surface area is 219 Å². The van der Waals surface area contributed by atoms with Gasteiger partial charge >= 0.3 is 6.03 Å². The molecule has 0 unspecified atom stereocenters. The molecule has 0 saturated carbocycles.